The van der Waals surface area contributed by atoms with Gasteiger partial charge < -0.3 is 0 Å². The van der Waals surface area contributed by atoms with Gasteiger partial charge in [0.2, 0.25) is 11.8 Å². The Labute approximate surface area is 143 Å². The molecule has 1 saturated heterocycles. The summed E-state index contributed by atoms with van der Waals surface area (Å²) < 4.78 is 0. The van der Waals surface area contributed by atoms with E-state index >= 15 is 0 Å². The number of nitrogens with zero attached hydrogens (tertiary/aromatic N) is 2. The summed E-state index contributed by atoms with van der Waals surface area (Å²) in [6.45, 7) is 2.15. The molecule has 1 saturated carbocycles. The van der Waals surface area contributed by atoms with E-state index in [1.54, 1.807) is 0 Å². The van der Waals surface area contributed by atoms with E-state index in [1.165, 1.54) is 16.0 Å². The van der Waals surface area contributed by atoms with Crippen LogP contribution in [0.2, 0.25) is 0 Å². The van der Waals surface area contributed by atoms with Crippen molar-refractivity contribution in [3.63, 3.8) is 0 Å². The maximum atomic E-state index is 12.8. The second-order valence-corrected chi connectivity index (χ2v) is 7.35. The second-order valence-electron chi connectivity index (χ2n) is 7.35. The third kappa shape index (κ3) is 2.69. The lowest BCUT2D eigenvalue weighted by Gasteiger charge is -2.30. The van der Waals surface area contributed by atoms with Crippen LogP contribution in [0.4, 0.5) is 0 Å². The van der Waals surface area contributed by atoms with E-state index in [9.17, 15) is 9.59 Å². The Bertz CT molecular complexity index is 674. The van der Waals surface area contributed by atoms with Gasteiger partial charge in [-0.25, -0.2) is 0 Å². The Morgan fingerprint density at radius 2 is 1.79 bits per heavy atom. The SMILES string of the molecule is O=C1CC2(CCCC2)C(=O)N1CN1CC=C(c2ccccc2)CC1. The molecule has 24 heavy (non-hydrogen) atoms. The van der Waals surface area contributed by atoms with Crippen molar-refractivity contribution in [2.45, 2.75) is 38.5 Å². The van der Waals surface area contributed by atoms with E-state index in [0.717, 1.165) is 45.2 Å². The number of hydrogen-bond acceptors (Lipinski definition) is 3. The first-order valence-electron chi connectivity index (χ1n) is 9.00. The lowest BCUT2D eigenvalue weighted by atomic mass is 9.85. The van der Waals surface area contributed by atoms with Crippen LogP contribution in [-0.2, 0) is 9.59 Å². The van der Waals surface area contributed by atoms with Crippen LogP contribution in [0, 0.1) is 5.41 Å². The Balaban J connectivity index is 1.41. The molecule has 4 nitrogen and oxygen atoms in total. The van der Waals surface area contributed by atoms with Gasteiger partial charge in [-0.1, -0.05) is 49.2 Å². The monoisotopic (exact) mass is 324 g/mol. The van der Waals surface area contributed by atoms with Gasteiger partial charge in [-0.3, -0.25) is 19.4 Å². The van der Waals surface area contributed by atoms with E-state index in [1.807, 2.05) is 6.07 Å². The number of rotatable bonds is 3. The molecule has 4 heteroatoms. The quantitative estimate of drug-likeness (QED) is 0.803. The summed E-state index contributed by atoms with van der Waals surface area (Å²) in [6.07, 6.45) is 7.59. The molecule has 2 heterocycles. The Kier molecular flexibility index (Phi) is 4.01. The van der Waals surface area contributed by atoms with Gasteiger partial charge in [-0.2, -0.15) is 0 Å². The summed E-state index contributed by atoms with van der Waals surface area (Å²) in [4.78, 5) is 28.9. The molecule has 126 valence electrons. The zero-order valence-corrected chi connectivity index (χ0v) is 14.0. The van der Waals surface area contributed by atoms with Gasteiger partial charge in [0.05, 0.1) is 12.1 Å². The van der Waals surface area contributed by atoms with Gasteiger partial charge in [-0.15, -0.1) is 0 Å². The molecule has 1 aromatic rings. The second kappa shape index (κ2) is 6.17. The standard InChI is InChI=1S/C20H24N2O2/c23-18-14-20(10-4-5-11-20)19(24)22(18)15-21-12-8-17(9-13-21)16-6-2-1-3-7-16/h1-3,6-8H,4-5,9-15H2. The van der Waals surface area contributed by atoms with Crippen molar-refractivity contribution < 1.29 is 9.59 Å². The maximum absolute atomic E-state index is 12.8. The molecule has 0 unspecified atom stereocenters. The molecule has 1 aliphatic carbocycles. The zero-order chi connectivity index (χ0) is 16.6. The number of carbonyl (C=O) groups excluding carboxylic acids is 2. The predicted octanol–water partition coefficient (Wildman–Crippen LogP) is 3.05. The van der Waals surface area contributed by atoms with Crippen molar-refractivity contribution in [3.05, 3.63) is 42.0 Å². The van der Waals surface area contributed by atoms with Crippen molar-refractivity contribution in [3.8, 4) is 0 Å². The average Bonchev–Trinajstić information content (AvgIpc) is 3.17. The summed E-state index contributed by atoms with van der Waals surface area (Å²) in [6, 6.07) is 10.4. The van der Waals surface area contributed by atoms with E-state index in [4.69, 9.17) is 0 Å². The van der Waals surface area contributed by atoms with Crippen molar-refractivity contribution in [2.75, 3.05) is 19.8 Å². The van der Waals surface area contributed by atoms with E-state index in [-0.39, 0.29) is 17.2 Å². The molecular weight excluding hydrogens is 300 g/mol. The van der Waals surface area contributed by atoms with Gasteiger partial charge >= 0.3 is 0 Å². The number of carbonyl (C=O) groups is 2. The van der Waals surface area contributed by atoms with Crippen LogP contribution in [-0.4, -0.2) is 41.4 Å². The Morgan fingerprint density at radius 3 is 2.46 bits per heavy atom. The van der Waals surface area contributed by atoms with Gasteiger partial charge in [0.1, 0.15) is 0 Å². The first kappa shape index (κ1) is 15.6. The minimum absolute atomic E-state index is 0.0275. The van der Waals surface area contributed by atoms with Crippen LogP contribution in [0.5, 0.6) is 0 Å². The topological polar surface area (TPSA) is 40.6 Å². The highest BCUT2D eigenvalue weighted by atomic mass is 16.2. The minimum Gasteiger partial charge on any atom is -0.282 e. The van der Waals surface area contributed by atoms with Crippen molar-refractivity contribution in [1.82, 2.24) is 9.80 Å². The molecule has 0 aromatic heterocycles. The summed E-state index contributed by atoms with van der Waals surface area (Å²) in [5.74, 6) is 0.113. The van der Waals surface area contributed by atoms with Crippen LogP contribution in [0.1, 0.15) is 44.1 Å². The van der Waals surface area contributed by atoms with Crippen LogP contribution < -0.4 is 0 Å². The molecule has 2 aliphatic heterocycles. The van der Waals surface area contributed by atoms with Crippen LogP contribution >= 0.6 is 0 Å². The van der Waals surface area contributed by atoms with Gasteiger partial charge in [0, 0.05) is 19.5 Å². The number of hydrogen-bond donors (Lipinski definition) is 0. The Hall–Kier alpha value is -1.94. The molecule has 0 N–H and O–H groups in total. The number of imide groups is 1. The molecule has 0 bridgehead atoms. The Morgan fingerprint density at radius 1 is 1.04 bits per heavy atom. The first-order chi connectivity index (χ1) is 11.7. The molecule has 1 aromatic carbocycles. The van der Waals surface area contributed by atoms with E-state index < -0.39 is 0 Å². The maximum Gasteiger partial charge on any atom is 0.237 e. The van der Waals surface area contributed by atoms with Gasteiger partial charge in [0.15, 0.2) is 0 Å². The third-order valence-electron chi connectivity index (χ3n) is 5.83. The molecule has 0 radical (unpaired) electrons. The summed E-state index contributed by atoms with van der Waals surface area (Å²) in [5.41, 5.74) is 2.28. The highest BCUT2D eigenvalue weighted by molar-refractivity contribution is 6.06. The highest BCUT2D eigenvalue weighted by Crippen LogP contribution is 2.46. The fourth-order valence-electron chi connectivity index (χ4n) is 4.40. The lowest BCUT2D eigenvalue weighted by Crippen LogP contribution is -2.44. The smallest absolute Gasteiger partial charge is 0.237 e. The fraction of sp³-hybridized carbons (Fsp3) is 0.500. The molecule has 2 fully saturated rings. The van der Waals surface area contributed by atoms with Crippen LogP contribution in [0.3, 0.4) is 0 Å². The third-order valence-corrected chi connectivity index (χ3v) is 5.83. The summed E-state index contributed by atoms with van der Waals surface area (Å²) in [7, 11) is 0. The van der Waals surface area contributed by atoms with Crippen LogP contribution in [0.15, 0.2) is 36.4 Å². The van der Waals surface area contributed by atoms with Gasteiger partial charge in [0.25, 0.3) is 0 Å². The number of likely N-dealkylation sites (tertiary alicyclic amines) is 1. The summed E-state index contributed by atoms with van der Waals surface area (Å²) >= 11 is 0. The number of amides is 2. The highest BCUT2D eigenvalue weighted by Gasteiger charge is 2.52. The number of benzene rings is 1. The molecule has 3 aliphatic rings. The average molecular weight is 324 g/mol. The zero-order valence-electron chi connectivity index (χ0n) is 14.0. The first-order valence-corrected chi connectivity index (χ1v) is 9.00. The van der Waals surface area contributed by atoms with Gasteiger partial charge in [-0.05, 0) is 30.4 Å². The fourth-order valence-corrected chi connectivity index (χ4v) is 4.40. The normalized spacial score (nSPS) is 24.0. The van der Waals surface area contributed by atoms with Crippen molar-refractivity contribution in [1.29, 1.82) is 0 Å². The molecule has 2 amide bonds. The minimum atomic E-state index is -0.349. The van der Waals surface area contributed by atoms with Crippen molar-refractivity contribution >= 4 is 17.4 Å². The van der Waals surface area contributed by atoms with E-state index in [0.29, 0.717) is 13.1 Å². The van der Waals surface area contributed by atoms with Crippen molar-refractivity contribution in [2.24, 2.45) is 5.41 Å². The lowest BCUT2D eigenvalue weighted by molar-refractivity contribution is -0.143. The summed E-state index contributed by atoms with van der Waals surface area (Å²) in [5, 5.41) is 0. The van der Waals surface area contributed by atoms with Crippen LogP contribution in [0.25, 0.3) is 5.57 Å². The van der Waals surface area contributed by atoms with E-state index in [2.05, 4.69) is 35.2 Å². The largest absolute Gasteiger partial charge is 0.282 e. The molecule has 0 atom stereocenters. The molecular formula is C20H24N2O2. The molecule has 4 rings (SSSR count). The predicted molar refractivity (Wildman–Crippen MR) is 92.8 cm³/mol. The molecule has 1 spiro atoms.